The van der Waals surface area contributed by atoms with Crippen molar-refractivity contribution >= 4 is 17.1 Å². The van der Waals surface area contributed by atoms with E-state index in [4.69, 9.17) is 0 Å². The van der Waals surface area contributed by atoms with Gasteiger partial charge in [0.15, 0.2) is 0 Å². The van der Waals surface area contributed by atoms with Gasteiger partial charge in [0, 0.05) is 12.6 Å². The van der Waals surface area contributed by atoms with Gasteiger partial charge in [-0.05, 0) is 37.0 Å². The fourth-order valence-electron chi connectivity index (χ4n) is 2.86. The zero-order chi connectivity index (χ0) is 14.7. The molecule has 0 unspecified atom stereocenters. The fraction of sp³-hybridized carbons (Fsp3) is 0.467. The Balaban J connectivity index is 1.49. The Kier molecular flexibility index (Phi) is 3.94. The standard InChI is InChI=1S/C15H20N4O2/c20-14(17-11-3-1-2-4-11)16-8-7-10-5-6-12-13(9-10)19-15(21)18-12/h5-6,9,11H,1-4,7-8H2,(H2,16,17,20)(H2,18,19,21). The van der Waals surface area contributed by atoms with Crippen LogP contribution in [0.15, 0.2) is 23.0 Å². The van der Waals surface area contributed by atoms with Crippen molar-refractivity contribution in [2.45, 2.75) is 38.1 Å². The van der Waals surface area contributed by atoms with Gasteiger partial charge in [-0.15, -0.1) is 0 Å². The second kappa shape index (κ2) is 6.03. The molecule has 3 rings (SSSR count). The minimum Gasteiger partial charge on any atom is -0.338 e. The Morgan fingerprint density at radius 2 is 1.95 bits per heavy atom. The molecular weight excluding hydrogens is 268 g/mol. The lowest BCUT2D eigenvalue weighted by molar-refractivity contribution is 0.237. The first-order valence-corrected chi connectivity index (χ1v) is 7.46. The lowest BCUT2D eigenvalue weighted by atomic mass is 10.1. The van der Waals surface area contributed by atoms with Crippen molar-refractivity contribution in [3.8, 4) is 0 Å². The van der Waals surface area contributed by atoms with Crippen molar-refractivity contribution in [2.24, 2.45) is 0 Å². The van der Waals surface area contributed by atoms with Crippen LogP contribution in [0.5, 0.6) is 0 Å². The van der Waals surface area contributed by atoms with Crippen molar-refractivity contribution in [3.05, 3.63) is 34.2 Å². The molecule has 0 radical (unpaired) electrons. The molecule has 0 spiro atoms. The number of H-pyrrole nitrogens is 2. The summed E-state index contributed by atoms with van der Waals surface area (Å²) in [5.41, 5.74) is 2.48. The van der Waals surface area contributed by atoms with Crippen LogP contribution in [0.4, 0.5) is 4.79 Å². The highest BCUT2D eigenvalue weighted by Gasteiger charge is 2.16. The molecule has 0 saturated heterocycles. The van der Waals surface area contributed by atoms with Crippen LogP contribution in [0, 0.1) is 0 Å². The maximum Gasteiger partial charge on any atom is 0.323 e. The van der Waals surface area contributed by atoms with Crippen LogP contribution in [-0.2, 0) is 6.42 Å². The van der Waals surface area contributed by atoms with Crippen molar-refractivity contribution in [1.82, 2.24) is 20.6 Å². The van der Waals surface area contributed by atoms with Gasteiger partial charge < -0.3 is 20.6 Å². The topological polar surface area (TPSA) is 89.8 Å². The molecule has 0 bridgehead atoms. The molecule has 2 aromatic rings. The number of nitrogens with one attached hydrogen (secondary N) is 4. The third-order valence-electron chi connectivity index (χ3n) is 3.97. The van der Waals surface area contributed by atoms with Gasteiger partial charge in [-0.1, -0.05) is 18.9 Å². The zero-order valence-electron chi connectivity index (χ0n) is 11.9. The van der Waals surface area contributed by atoms with E-state index in [0.717, 1.165) is 35.9 Å². The van der Waals surface area contributed by atoms with E-state index in [9.17, 15) is 9.59 Å². The summed E-state index contributed by atoms with van der Waals surface area (Å²) >= 11 is 0. The maximum absolute atomic E-state index is 11.7. The highest BCUT2D eigenvalue weighted by atomic mass is 16.2. The molecule has 1 aromatic heterocycles. The summed E-state index contributed by atoms with van der Waals surface area (Å²) in [6.07, 6.45) is 5.33. The molecule has 1 aliphatic carbocycles. The van der Waals surface area contributed by atoms with Crippen LogP contribution in [0.2, 0.25) is 0 Å². The quantitative estimate of drug-likeness (QED) is 0.689. The first kappa shape index (κ1) is 13.7. The van der Waals surface area contributed by atoms with E-state index in [1.807, 2.05) is 18.2 Å². The van der Waals surface area contributed by atoms with E-state index in [0.29, 0.717) is 12.6 Å². The van der Waals surface area contributed by atoms with Crippen LogP contribution >= 0.6 is 0 Å². The number of fused-ring (bicyclic) bond motifs is 1. The predicted molar refractivity (Wildman–Crippen MR) is 81.4 cm³/mol. The van der Waals surface area contributed by atoms with E-state index in [1.165, 1.54) is 12.8 Å². The third-order valence-corrected chi connectivity index (χ3v) is 3.97. The number of carbonyl (C=O) groups excluding carboxylic acids is 1. The smallest absolute Gasteiger partial charge is 0.323 e. The number of carbonyl (C=O) groups is 1. The third kappa shape index (κ3) is 3.45. The summed E-state index contributed by atoms with van der Waals surface area (Å²) in [7, 11) is 0. The van der Waals surface area contributed by atoms with E-state index in [1.54, 1.807) is 0 Å². The SMILES string of the molecule is O=C(NCCc1ccc2[nH]c(=O)[nH]c2c1)NC1CCCC1. The fourth-order valence-corrected chi connectivity index (χ4v) is 2.86. The number of aromatic amines is 2. The summed E-state index contributed by atoms with van der Waals surface area (Å²) in [4.78, 5) is 28.4. The molecule has 6 heteroatoms. The Bertz CT molecular complexity index is 682. The summed E-state index contributed by atoms with van der Waals surface area (Å²) in [5, 5.41) is 5.88. The Hall–Kier alpha value is -2.24. The molecule has 2 amide bonds. The average molecular weight is 288 g/mol. The number of rotatable bonds is 4. The van der Waals surface area contributed by atoms with Gasteiger partial charge >= 0.3 is 11.7 Å². The van der Waals surface area contributed by atoms with Gasteiger partial charge in [0.25, 0.3) is 0 Å². The monoisotopic (exact) mass is 288 g/mol. The summed E-state index contributed by atoms with van der Waals surface area (Å²) in [5.74, 6) is 0. The zero-order valence-corrected chi connectivity index (χ0v) is 11.9. The first-order chi connectivity index (χ1) is 10.2. The molecule has 21 heavy (non-hydrogen) atoms. The summed E-state index contributed by atoms with van der Waals surface area (Å²) < 4.78 is 0. The molecule has 6 nitrogen and oxygen atoms in total. The van der Waals surface area contributed by atoms with Crippen molar-refractivity contribution in [2.75, 3.05) is 6.54 Å². The number of urea groups is 1. The molecule has 0 atom stereocenters. The number of benzene rings is 1. The van der Waals surface area contributed by atoms with Gasteiger partial charge in [-0.3, -0.25) is 0 Å². The van der Waals surface area contributed by atoms with E-state index in [-0.39, 0.29) is 11.7 Å². The van der Waals surface area contributed by atoms with E-state index in [2.05, 4.69) is 20.6 Å². The molecule has 0 aliphatic heterocycles. The average Bonchev–Trinajstić information content (AvgIpc) is 3.06. The van der Waals surface area contributed by atoms with E-state index < -0.39 is 0 Å². The molecule has 1 saturated carbocycles. The Morgan fingerprint density at radius 3 is 2.76 bits per heavy atom. The summed E-state index contributed by atoms with van der Waals surface area (Å²) in [6, 6.07) is 6.03. The van der Waals surface area contributed by atoms with Gasteiger partial charge in [0.1, 0.15) is 0 Å². The van der Waals surface area contributed by atoms with Crippen LogP contribution < -0.4 is 16.3 Å². The van der Waals surface area contributed by atoms with Crippen LogP contribution in [0.3, 0.4) is 0 Å². The molecule has 1 fully saturated rings. The van der Waals surface area contributed by atoms with Crippen molar-refractivity contribution in [1.29, 1.82) is 0 Å². The maximum atomic E-state index is 11.7. The van der Waals surface area contributed by atoms with Gasteiger partial charge in [0.05, 0.1) is 11.0 Å². The predicted octanol–water partition coefficient (Wildman–Crippen LogP) is 1.64. The second-order valence-electron chi connectivity index (χ2n) is 5.59. The number of aromatic nitrogens is 2. The second-order valence-corrected chi connectivity index (χ2v) is 5.59. The van der Waals surface area contributed by atoms with Gasteiger partial charge in [0.2, 0.25) is 0 Å². The minimum atomic E-state index is -0.198. The van der Waals surface area contributed by atoms with Crippen LogP contribution in [-0.4, -0.2) is 28.6 Å². The van der Waals surface area contributed by atoms with Crippen LogP contribution in [0.25, 0.3) is 11.0 Å². The number of hydrogen-bond donors (Lipinski definition) is 4. The number of amides is 2. The number of hydrogen-bond acceptors (Lipinski definition) is 2. The largest absolute Gasteiger partial charge is 0.338 e. The first-order valence-electron chi connectivity index (χ1n) is 7.46. The molecule has 4 N–H and O–H groups in total. The normalized spacial score (nSPS) is 15.4. The molecular formula is C15H20N4O2. The van der Waals surface area contributed by atoms with Gasteiger partial charge in [-0.2, -0.15) is 0 Å². The van der Waals surface area contributed by atoms with Crippen molar-refractivity contribution in [3.63, 3.8) is 0 Å². The number of imidazole rings is 1. The molecule has 112 valence electrons. The highest BCUT2D eigenvalue weighted by Crippen LogP contribution is 2.17. The molecule has 1 aromatic carbocycles. The lowest BCUT2D eigenvalue weighted by Gasteiger charge is -2.12. The van der Waals surface area contributed by atoms with Crippen molar-refractivity contribution < 1.29 is 4.79 Å². The minimum absolute atomic E-state index is 0.0852. The summed E-state index contributed by atoms with van der Waals surface area (Å²) in [6.45, 7) is 0.582. The molecule has 1 heterocycles. The van der Waals surface area contributed by atoms with Gasteiger partial charge in [-0.25, -0.2) is 9.59 Å². The highest BCUT2D eigenvalue weighted by molar-refractivity contribution is 5.75. The van der Waals surface area contributed by atoms with E-state index >= 15 is 0 Å². The Labute approximate surface area is 122 Å². The molecule has 1 aliphatic rings. The lowest BCUT2D eigenvalue weighted by Crippen LogP contribution is -2.41. The Morgan fingerprint density at radius 1 is 1.19 bits per heavy atom. The van der Waals surface area contributed by atoms with Crippen LogP contribution in [0.1, 0.15) is 31.2 Å².